The summed E-state index contributed by atoms with van der Waals surface area (Å²) < 4.78 is 26.6. The minimum atomic E-state index is -3.92. The van der Waals surface area contributed by atoms with Gasteiger partial charge in [0, 0.05) is 0 Å². The van der Waals surface area contributed by atoms with Crippen molar-refractivity contribution in [2.45, 2.75) is 38.1 Å². The average Bonchev–Trinajstić information content (AvgIpc) is 2.53. The molecule has 1 aromatic carbocycles. The minimum Gasteiger partial charge on any atom is -0.480 e. The molecule has 25 heavy (non-hydrogen) atoms. The van der Waals surface area contributed by atoms with Crippen LogP contribution in [0, 0.1) is 30.9 Å². The van der Waals surface area contributed by atoms with Crippen LogP contribution < -0.4 is 4.72 Å². The van der Waals surface area contributed by atoms with Crippen molar-refractivity contribution in [2.24, 2.45) is 0 Å². The fourth-order valence-corrected chi connectivity index (χ4v) is 2.76. The topological polar surface area (TPSA) is 83.5 Å². The second-order valence-corrected chi connectivity index (χ2v) is 6.77. The van der Waals surface area contributed by atoms with E-state index in [1.54, 1.807) is 25.1 Å². The molecule has 0 saturated carbocycles. The molecule has 7 heteroatoms. The molecule has 0 saturated heterocycles. The molecule has 1 aromatic rings. The molecule has 132 valence electrons. The number of hydrogen-bond donors (Lipinski definition) is 2. The Bertz CT molecular complexity index is 800. The maximum Gasteiger partial charge on any atom is 2.00 e. The van der Waals surface area contributed by atoms with Gasteiger partial charge in [0.15, 0.2) is 0 Å². The van der Waals surface area contributed by atoms with Crippen molar-refractivity contribution in [3.8, 4) is 11.8 Å². The first-order valence-electron chi connectivity index (χ1n) is 7.16. The monoisotopic (exact) mass is 529 g/mol. The zero-order valence-corrected chi connectivity index (χ0v) is 17.9. The van der Waals surface area contributed by atoms with Crippen LogP contribution in [0.2, 0.25) is 0 Å². The molecular formula is C18H19NO4SW. The van der Waals surface area contributed by atoms with E-state index in [4.69, 9.17) is 0 Å². The third-order valence-electron chi connectivity index (χ3n) is 3.08. The van der Waals surface area contributed by atoms with Gasteiger partial charge in [0.05, 0.1) is 4.90 Å². The van der Waals surface area contributed by atoms with E-state index in [1.807, 2.05) is 13.8 Å². The Morgan fingerprint density at radius 2 is 1.96 bits per heavy atom. The van der Waals surface area contributed by atoms with Gasteiger partial charge in [-0.15, -0.1) is 13.8 Å². The first kappa shape index (κ1) is 23.3. The third kappa shape index (κ3) is 8.31. The van der Waals surface area contributed by atoms with Crippen LogP contribution in [-0.4, -0.2) is 25.5 Å². The smallest absolute Gasteiger partial charge is 0.480 e. The van der Waals surface area contributed by atoms with Crippen LogP contribution in [0.4, 0.5) is 0 Å². The number of allylic oxidation sites excluding steroid dienone is 4. The van der Waals surface area contributed by atoms with Gasteiger partial charge in [0.1, 0.15) is 6.04 Å². The molecule has 0 aromatic heterocycles. The molecular weight excluding hydrogens is 510 g/mol. The predicted molar refractivity (Wildman–Crippen MR) is 91.2 cm³/mol. The standard InChI is InChI=1S/C18H19NO4S.W/c1-4-14(2)8-6-5-7-9-17(18(20)21)19-24(22,23)16-12-10-15(3)11-13-16;/h8,10-13,17,19H,9H2,1-3H3,(H,20,21);/q-2;+2. The molecule has 0 spiro atoms. The maximum absolute atomic E-state index is 12.2. The summed E-state index contributed by atoms with van der Waals surface area (Å²) in [5, 5.41) is 9.17. The number of aliphatic carboxylic acids is 1. The first-order chi connectivity index (χ1) is 11.3. The first-order valence-corrected chi connectivity index (χ1v) is 8.64. The van der Waals surface area contributed by atoms with Gasteiger partial charge >= 0.3 is 27.0 Å². The molecule has 0 heterocycles. The number of carboxylic acids is 1. The molecule has 0 aliphatic carbocycles. The number of aryl methyl sites for hydroxylation is 1. The molecule has 0 aliphatic heterocycles. The van der Waals surface area contributed by atoms with E-state index in [2.05, 4.69) is 28.7 Å². The van der Waals surface area contributed by atoms with Crippen molar-refractivity contribution in [2.75, 3.05) is 0 Å². The van der Waals surface area contributed by atoms with E-state index >= 15 is 0 Å². The van der Waals surface area contributed by atoms with Crippen LogP contribution in [0.25, 0.3) is 0 Å². The number of hydrogen-bond acceptors (Lipinski definition) is 3. The Morgan fingerprint density at radius 1 is 1.36 bits per heavy atom. The van der Waals surface area contributed by atoms with E-state index in [0.717, 1.165) is 11.1 Å². The van der Waals surface area contributed by atoms with Crippen molar-refractivity contribution in [3.05, 3.63) is 53.6 Å². The molecule has 5 nitrogen and oxygen atoms in total. The molecule has 1 atom stereocenters. The second-order valence-electron chi connectivity index (χ2n) is 5.05. The summed E-state index contributed by atoms with van der Waals surface area (Å²) in [6, 6.07) is 4.80. The summed E-state index contributed by atoms with van der Waals surface area (Å²) in [6.45, 7) is 5.41. The number of nitrogens with one attached hydrogen (secondary N) is 1. The number of carbonyl (C=O) groups is 1. The van der Waals surface area contributed by atoms with Crippen LogP contribution >= 0.6 is 0 Å². The van der Waals surface area contributed by atoms with E-state index in [1.165, 1.54) is 12.1 Å². The molecule has 1 rings (SSSR count). The summed E-state index contributed by atoms with van der Waals surface area (Å²) in [4.78, 5) is 11.3. The van der Waals surface area contributed by atoms with Gasteiger partial charge in [-0.1, -0.05) is 17.7 Å². The Labute approximate surface area is 163 Å². The maximum atomic E-state index is 12.2. The Morgan fingerprint density at radius 3 is 2.48 bits per heavy atom. The van der Waals surface area contributed by atoms with E-state index in [0.29, 0.717) is 0 Å². The second kappa shape index (κ2) is 11.0. The van der Waals surface area contributed by atoms with Crippen molar-refractivity contribution in [1.29, 1.82) is 0 Å². The summed E-state index contributed by atoms with van der Waals surface area (Å²) in [6.07, 6.45) is 7.00. The number of benzene rings is 1. The Hall–Kier alpha value is -1.67. The van der Waals surface area contributed by atoms with Crippen LogP contribution in [0.5, 0.6) is 0 Å². The average molecular weight is 529 g/mol. The van der Waals surface area contributed by atoms with Crippen molar-refractivity contribution in [3.63, 3.8) is 0 Å². The molecule has 1 unspecified atom stereocenters. The fourth-order valence-electron chi connectivity index (χ4n) is 1.57. The van der Waals surface area contributed by atoms with Gasteiger partial charge in [-0.25, -0.2) is 26.3 Å². The van der Waals surface area contributed by atoms with Crippen LogP contribution in [0.3, 0.4) is 0 Å². The molecule has 2 N–H and O–H groups in total. The molecule has 0 radical (unpaired) electrons. The summed E-state index contributed by atoms with van der Waals surface area (Å²) in [7, 11) is -3.92. The van der Waals surface area contributed by atoms with Gasteiger partial charge in [-0.3, -0.25) is 4.79 Å². The Kier molecular flexibility index (Phi) is 10.3. The zero-order chi connectivity index (χ0) is 18.2. The number of sulfonamides is 1. The van der Waals surface area contributed by atoms with E-state index < -0.39 is 22.0 Å². The zero-order valence-electron chi connectivity index (χ0n) is 14.2. The van der Waals surface area contributed by atoms with Crippen molar-refractivity contribution in [1.82, 2.24) is 4.72 Å². The van der Waals surface area contributed by atoms with Gasteiger partial charge in [-0.2, -0.15) is 4.72 Å². The number of carboxylic acid groups (broad SMARTS) is 1. The molecule has 0 aliphatic rings. The van der Waals surface area contributed by atoms with Gasteiger partial charge in [0.25, 0.3) is 0 Å². The minimum absolute atomic E-state index is 0. The SMILES string of the molecule is C[C-]=C(C)C=[C-]C#CCC(NS(=O)(=O)c1ccc(C)cc1)C(=O)O.[W+2]. The Balaban J connectivity index is 0.00000576. The predicted octanol–water partition coefficient (Wildman–Crippen LogP) is 2.25. The quantitative estimate of drug-likeness (QED) is 0.337. The molecule has 0 fully saturated rings. The van der Waals surface area contributed by atoms with Gasteiger partial charge in [-0.05, 0) is 25.5 Å². The van der Waals surface area contributed by atoms with Crippen LogP contribution in [0.1, 0.15) is 25.8 Å². The van der Waals surface area contributed by atoms with Crippen LogP contribution in [-0.2, 0) is 35.9 Å². The van der Waals surface area contributed by atoms with Crippen LogP contribution in [0.15, 0.2) is 40.8 Å². The van der Waals surface area contributed by atoms with Crippen molar-refractivity contribution < 1.29 is 39.4 Å². The van der Waals surface area contributed by atoms with Crippen molar-refractivity contribution >= 4 is 16.0 Å². The van der Waals surface area contributed by atoms with E-state index in [-0.39, 0.29) is 32.4 Å². The summed E-state index contributed by atoms with van der Waals surface area (Å²) >= 11 is 0. The molecule has 0 amide bonds. The van der Waals surface area contributed by atoms with E-state index in [9.17, 15) is 18.3 Å². The summed E-state index contributed by atoms with van der Waals surface area (Å²) in [5.41, 5.74) is 1.75. The van der Waals surface area contributed by atoms with Gasteiger partial charge in [0.2, 0.25) is 10.0 Å². The molecule has 0 bridgehead atoms. The number of rotatable bonds is 6. The fraction of sp³-hybridized carbons (Fsp3) is 0.278. The third-order valence-corrected chi connectivity index (χ3v) is 4.56. The normalized spacial score (nSPS) is 12.8. The van der Waals surface area contributed by atoms with Gasteiger partial charge < -0.3 is 22.8 Å². The largest absolute Gasteiger partial charge is 2.00 e. The summed E-state index contributed by atoms with van der Waals surface area (Å²) in [5.74, 6) is 3.85.